The van der Waals surface area contributed by atoms with Crippen LogP contribution >= 0.6 is 0 Å². The summed E-state index contributed by atoms with van der Waals surface area (Å²) in [6.45, 7) is 4.08. The fourth-order valence-corrected chi connectivity index (χ4v) is 1.87. The van der Waals surface area contributed by atoms with Crippen LogP contribution in [0.2, 0.25) is 0 Å². The van der Waals surface area contributed by atoms with Gasteiger partial charge in [0.15, 0.2) is 0 Å². The Morgan fingerprint density at radius 2 is 2.18 bits per heavy atom. The van der Waals surface area contributed by atoms with Gasteiger partial charge in [-0.1, -0.05) is 25.1 Å². The maximum absolute atomic E-state index is 9.13. The van der Waals surface area contributed by atoms with Crippen LogP contribution in [0.5, 0.6) is 5.75 Å². The van der Waals surface area contributed by atoms with E-state index in [1.54, 1.807) is 13.2 Å². The molecule has 0 spiro atoms. The maximum Gasteiger partial charge on any atom is 0.232 e. The molecule has 0 aliphatic carbocycles. The molecule has 1 N–H and O–H groups in total. The number of nitrogens with zero attached hydrogens (tertiary/aromatic N) is 2. The molecule has 0 saturated carbocycles. The number of anilines is 1. The summed E-state index contributed by atoms with van der Waals surface area (Å²) in [4.78, 5) is 4.17. The number of methoxy groups -OCH3 is 1. The van der Waals surface area contributed by atoms with Gasteiger partial charge < -0.3 is 14.5 Å². The second kappa shape index (κ2) is 7.32. The molecule has 0 bridgehead atoms. The number of rotatable bonds is 6. The molecule has 2 rings (SSSR count). The van der Waals surface area contributed by atoms with Crippen LogP contribution in [0, 0.1) is 11.3 Å². The number of nitrogens with one attached hydrogen (secondary N) is 1. The van der Waals surface area contributed by atoms with Crippen molar-refractivity contribution < 1.29 is 9.15 Å². The molecule has 5 heteroatoms. The average Bonchev–Trinajstić information content (AvgIpc) is 2.94. The summed E-state index contributed by atoms with van der Waals surface area (Å²) in [7, 11) is 1.62. The molecule has 0 saturated heterocycles. The number of benzene rings is 1. The van der Waals surface area contributed by atoms with Crippen molar-refractivity contribution in [1.29, 1.82) is 5.26 Å². The lowest BCUT2D eigenvalue weighted by molar-refractivity contribution is 0.414. The van der Waals surface area contributed by atoms with Crippen LogP contribution in [0.4, 0.5) is 5.88 Å². The van der Waals surface area contributed by atoms with Crippen molar-refractivity contribution in [1.82, 2.24) is 4.98 Å². The standard InChI is InChI=1S/C17H19N3O2/c1-4-12(2)19-17-14(11-18)20-16(22-17)10-9-13-7-5-6-8-15(13)21-3/h5-10,12,19H,4H2,1-3H3/b10-9+/t12-/m0/s1. The number of aromatic nitrogens is 1. The Kier molecular flexibility index (Phi) is 5.21. The molecule has 0 aliphatic heterocycles. The Morgan fingerprint density at radius 3 is 2.86 bits per heavy atom. The number of para-hydroxylation sites is 1. The quantitative estimate of drug-likeness (QED) is 0.874. The van der Waals surface area contributed by atoms with E-state index in [1.165, 1.54) is 0 Å². The van der Waals surface area contributed by atoms with Gasteiger partial charge in [0.05, 0.1) is 7.11 Å². The van der Waals surface area contributed by atoms with Crippen LogP contribution in [-0.4, -0.2) is 18.1 Å². The first-order valence-corrected chi connectivity index (χ1v) is 7.16. The van der Waals surface area contributed by atoms with Gasteiger partial charge in [-0.25, -0.2) is 0 Å². The first kappa shape index (κ1) is 15.6. The third kappa shape index (κ3) is 3.67. The van der Waals surface area contributed by atoms with Gasteiger partial charge in [-0.05, 0) is 25.5 Å². The monoisotopic (exact) mass is 297 g/mol. The van der Waals surface area contributed by atoms with Crippen molar-refractivity contribution in [2.75, 3.05) is 12.4 Å². The molecule has 0 fully saturated rings. The van der Waals surface area contributed by atoms with Crippen LogP contribution < -0.4 is 10.1 Å². The fraction of sp³-hybridized carbons (Fsp3) is 0.294. The summed E-state index contributed by atoms with van der Waals surface area (Å²) in [6.07, 6.45) is 4.50. The molecule has 114 valence electrons. The zero-order chi connectivity index (χ0) is 15.9. The van der Waals surface area contributed by atoms with E-state index in [2.05, 4.69) is 17.2 Å². The minimum absolute atomic E-state index is 0.214. The Labute approximate surface area is 130 Å². The van der Waals surface area contributed by atoms with Gasteiger partial charge in [0.2, 0.25) is 17.5 Å². The van der Waals surface area contributed by atoms with E-state index in [0.29, 0.717) is 11.8 Å². The first-order chi connectivity index (χ1) is 10.7. The second-order valence-electron chi connectivity index (χ2n) is 4.87. The lowest BCUT2D eigenvalue weighted by Crippen LogP contribution is -2.13. The van der Waals surface area contributed by atoms with Crippen molar-refractivity contribution in [3.05, 3.63) is 41.4 Å². The van der Waals surface area contributed by atoms with E-state index in [1.807, 2.05) is 43.3 Å². The predicted molar refractivity (Wildman–Crippen MR) is 86.5 cm³/mol. The van der Waals surface area contributed by atoms with Gasteiger partial charge in [0.1, 0.15) is 11.8 Å². The van der Waals surface area contributed by atoms with Gasteiger partial charge >= 0.3 is 0 Å². The van der Waals surface area contributed by atoms with E-state index in [9.17, 15) is 0 Å². The molecule has 5 nitrogen and oxygen atoms in total. The number of oxazole rings is 1. The Hall–Kier alpha value is -2.74. The third-order valence-corrected chi connectivity index (χ3v) is 3.28. The topological polar surface area (TPSA) is 71.1 Å². The number of nitriles is 1. The molecule has 0 aliphatic rings. The minimum atomic E-state index is 0.214. The first-order valence-electron chi connectivity index (χ1n) is 7.16. The molecule has 1 aromatic heterocycles. The SMILES string of the molecule is CC[C@H](C)Nc1oc(/C=C/c2ccccc2OC)nc1C#N. The Bertz CT molecular complexity index is 698. The average molecular weight is 297 g/mol. The minimum Gasteiger partial charge on any atom is -0.496 e. The Morgan fingerprint density at radius 1 is 1.41 bits per heavy atom. The van der Waals surface area contributed by atoms with Crippen molar-refractivity contribution in [3.63, 3.8) is 0 Å². The zero-order valence-electron chi connectivity index (χ0n) is 13.0. The van der Waals surface area contributed by atoms with Crippen molar-refractivity contribution in [3.8, 4) is 11.8 Å². The molecule has 1 heterocycles. The smallest absolute Gasteiger partial charge is 0.232 e. The van der Waals surface area contributed by atoms with Crippen molar-refractivity contribution in [2.45, 2.75) is 26.3 Å². The van der Waals surface area contributed by atoms with Gasteiger partial charge in [-0.2, -0.15) is 10.2 Å². The van der Waals surface area contributed by atoms with Gasteiger partial charge in [-0.3, -0.25) is 0 Å². The summed E-state index contributed by atoms with van der Waals surface area (Å²) >= 11 is 0. The van der Waals surface area contributed by atoms with Gasteiger partial charge in [-0.15, -0.1) is 0 Å². The highest BCUT2D eigenvalue weighted by atomic mass is 16.5. The lowest BCUT2D eigenvalue weighted by Gasteiger charge is -2.08. The molecular formula is C17H19N3O2. The normalized spacial score (nSPS) is 12.1. The second-order valence-corrected chi connectivity index (χ2v) is 4.87. The van der Waals surface area contributed by atoms with E-state index >= 15 is 0 Å². The summed E-state index contributed by atoms with van der Waals surface area (Å²) in [6, 6.07) is 9.90. The molecular weight excluding hydrogens is 278 g/mol. The maximum atomic E-state index is 9.13. The summed E-state index contributed by atoms with van der Waals surface area (Å²) < 4.78 is 10.9. The largest absolute Gasteiger partial charge is 0.496 e. The van der Waals surface area contributed by atoms with Gasteiger partial charge in [0.25, 0.3) is 0 Å². The van der Waals surface area contributed by atoms with Gasteiger partial charge in [0, 0.05) is 17.7 Å². The molecule has 0 amide bonds. The van der Waals surface area contributed by atoms with Crippen molar-refractivity contribution >= 4 is 18.0 Å². The number of hydrogen-bond donors (Lipinski definition) is 1. The lowest BCUT2D eigenvalue weighted by atomic mass is 10.2. The zero-order valence-corrected chi connectivity index (χ0v) is 13.0. The fourth-order valence-electron chi connectivity index (χ4n) is 1.87. The molecule has 0 unspecified atom stereocenters. The van der Waals surface area contributed by atoms with Crippen LogP contribution in [0.15, 0.2) is 28.7 Å². The van der Waals surface area contributed by atoms with Crippen LogP contribution in [-0.2, 0) is 0 Å². The molecule has 1 atom stereocenters. The van der Waals surface area contributed by atoms with E-state index in [0.717, 1.165) is 17.7 Å². The molecule has 0 radical (unpaired) electrons. The third-order valence-electron chi connectivity index (χ3n) is 3.28. The van der Waals surface area contributed by atoms with E-state index < -0.39 is 0 Å². The highest BCUT2D eigenvalue weighted by Gasteiger charge is 2.13. The highest BCUT2D eigenvalue weighted by Crippen LogP contribution is 2.22. The van der Waals surface area contributed by atoms with Crippen LogP contribution in [0.25, 0.3) is 12.2 Å². The van der Waals surface area contributed by atoms with Crippen molar-refractivity contribution in [2.24, 2.45) is 0 Å². The predicted octanol–water partition coefficient (Wildman–Crippen LogP) is 3.94. The highest BCUT2D eigenvalue weighted by molar-refractivity contribution is 5.70. The Balaban J connectivity index is 2.23. The van der Waals surface area contributed by atoms with E-state index in [4.69, 9.17) is 14.4 Å². The molecule has 1 aromatic carbocycles. The summed E-state index contributed by atoms with van der Waals surface area (Å²) in [5, 5.41) is 12.3. The summed E-state index contributed by atoms with van der Waals surface area (Å²) in [5.74, 6) is 1.56. The number of ether oxygens (including phenoxy) is 1. The van der Waals surface area contributed by atoms with E-state index in [-0.39, 0.29) is 11.7 Å². The molecule has 2 aromatic rings. The molecule has 22 heavy (non-hydrogen) atoms. The van der Waals surface area contributed by atoms with Crippen LogP contribution in [0.3, 0.4) is 0 Å². The number of hydrogen-bond acceptors (Lipinski definition) is 5. The van der Waals surface area contributed by atoms with Crippen LogP contribution in [0.1, 0.15) is 37.4 Å². The summed E-state index contributed by atoms with van der Waals surface area (Å²) in [5.41, 5.74) is 1.18.